The maximum atomic E-state index is 10.2. The van der Waals surface area contributed by atoms with Crippen LogP contribution in [0.3, 0.4) is 0 Å². The molecule has 1 atom stereocenters. The van der Waals surface area contributed by atoms with Gasteiger partial charge in [-0.1, -0.05) is 0 Å². The summed E-state index contributed by atoms with van der Waals surface area (Å²) >= 11 is -1.21. The highest BCUT2D eigenvalue weighted by Gasteiger charge is 1.98. The summed E-state index contributed by atoms with van der Waals surface area (Å²) in [5, 5.41) is 0. The van der Waals surface area contributed by atoms with E-state index < -0.39 is 11.5 Å². The maximum Gasteiger partial charge on any atom is 0.219 e. The van der Waals surface area contributed by atoms with Crippen molar-refractivity contribution in [2.24, 2.45) is 4.40 Å². The summed E-state index contributed by atoms with van der Waals surface area (Å²) in [4.78, 5) is 0. The lowest BCUT2D eigenvalue weighted by molar-refractivity contribution is 0.591. The molecule has 3 nitrogen and oxygen atoms in total. The van der Waals surface area contributed by atoms with Crippen LogP contribution in [0, 0.1) is 0 Å². The molecule has 0 aromatic carbocycles. The van der Waals surface area contributed by atoms with Crippen LogP contribution < -0.4 is 4.72 Å². The summed E-state index contributed by atoms with van der Waals surface area (Å²) in [6.45, 7) is 0. The molecule has 0 spiro atoms. The molecule has 1 aliphatic rings. The van der Waals surface area contributed by atoms with Gasteiger partial charge >= 0.3 is 0 Å². The third-order valence-corrected chi connectivity index (χ3v) is 1.16. The van der Waals surface area contributed by atoms with Crippen LogP contribution >= 0.6 is 0 Å². The normalized spacial score (nSPS) is 27.3. The Hall–Kier alpha value is -0.480. The molecule has 1 unspecified atom stereocenters. The molecule has 0 amide bonds. The first-order chi connectivity index (χ1) is 3.39. The zero-order valence-corrected chi connectivity index (χ0v) is 4.31. The smallest absolute Gasteiger partial charge is 0.219 e. The highest BCUT2D eigenvalue weighted by atomic mass is 32.2. The number of rotatable bonds is 0. The molecule has 1 aliphatic heterocycles. The number of nitrogens with zero attached hydrogens (tertiary/aromatic N) is 1. The molecule has 0 saturated heterocycles. The zero-order valence-electron chi connectivity index (χ0n) is 3.50. The van der Waals surface area contributed by atoms with Gasteiger partial charge in [0, 0.05) is 6.20 Å². The minimum atomic E-state index is -1.21. The van der Waals surface area contributed by atoms with Crippen LogP contribution in [0.15, 0.2) is 16.7 Å². The van der Waals surface area contributed by atoms with E-state index in [2.05, 4.69) is 9.12 Å². The van der Waals surface area contributed by atoms with Crippen molar-refractivity contribution in [1.82, 2.24) is 4.72 Å². The van der Waals surface area contributed by atoms with Crippen LogP contribution in [0.4, 0.5) is 0 Å². The van der Waals surface area contributed by atoms with Gasteiger partial charge in [0.1, 0.15) is 0 Å². The lowest BCUT2D eigenvalue weighted by Crippen LogP contribution is -2.16. The number of hydrogen-bond acceptors (Lipinski definition) is 3. The van der Waals surface area contributed by atoms with E-state index in [-0.39, 0.29) is 0 Å². The first-order valence-corrected chi connectivity index (χ1v) is 2.87. The van der Waals surface area contributed by atoms with Crippen molar-refractivity contribution in [3.8, 4) is 0 Å². The molecule has 1 heterocycles. The van der Waals surface area contributed by atoms with Gasteiger partial charge < -0.3 is 4.55 Å². The molecule has 0 aliphatic carbocycles. The average molecular weight is 116 g/mol. The van der Waals surface area contributed by atoms with Crippen LogP contribution in [0.2, 0.25) is 0 Å². The van der Waals surface area contributed by atoms with E-state index in [4.69, 9.17) is 0 Å². The molecule has 0 aromatic rings. The van der Waals surface area contributed by atoms with Crippen LogP contribution in [-0.2, 0) is 11.5 Å². The summed E-state index contributed by atoms with van der Waals surface area (Å²) in [5.41, 5.74) is 0. The molecule has 1 N–H and O–H groups in total. The van der Waals surface area contributed by atoms with Gasteiger partial charge in [-0.2, -0.15) is 4.72 Å². The Morgan fingerprint density at radius 3 is 2.86 bits per heavy atom. The van der Waals surface area contributed by atoms with Gasteiger partial charge in [0.2, 0.25) is 11.5 Å². The van der Waals surface area contributed by atoms with Crippen molar-refractivity contribution < 1.29 is 4.55 Å². The second kappa shape index (κ2) is 1.99. The van der Waals surface area contributed by atoms with E-state index in [0.29, 0.717) is 0 Å². The fourth-order valence-corrected chi connectivity index (χ4v) is 0.698. The summed E-state index contributed by atoms with van der Waals surface area (Å²) in [6, 6.07) is 0. The monoisotopic (exact) mass is 116 g/mol. The number of allylic oxidation sites excluding steroid dienone is 1. The Kier molecular flexibility index (Phi) is 1.33. The molecule has 0 fully saturated rings. The van der Waals surface area contributed by atoms with Crippen molar-refractivity contribution >= 4 is 17.8 Å². The van der Waals surface area contributed by atoms with Crippen molar-refractivity contribution in [3.63, 3.8) is 0 Å². The maximum absolute atomic E-state index is 10.2. The number of nitrogens with one attached hydrogen (secondary N) is 1. The first-order valence-electron chi connectivity index (χ1n) is 1.77. The van der Waals surface area contributed by atoms with Gasteiger partial charge in [0.05, 0.1) is 6.21 Å². The average Bonchev–Trinajstić information content (AvgIpc) is 1.69. The van der Waals surface area contributed by atoms with Crippen molar-refractivity contribution in [2.45, 2.75) is 0 Å². The van der Waals surface area contributed by atoms with E-state index in [0.717, 1.165) is 0 Å². The molecule has 0 bridgehead atoms. The summed E-state index contributed by atoms with van der Waals surface area (Å²) < 4.78 is 16.2. The molecule has 38 valence electrons. The van der Waals surface area contributed by atoms with E-state index in [9.17, 15) is 4.55 Å². The van der Waals surface area contributed by atoms with Crippen molar-refractivity contribution in [1.29, 1.82) is 0 Å². The Balaban J connectivity index is 2.49. The second-order valence-electron chi connectivity index (χ2n) is 0.981. The van der Waals surface area contributed by atoms with Crippen LogP contribution in [-0.4, -0.2) is 10.8 Å². The van der Waals surface area contributed by atoms with Crippen LogP contribution in [0.5, 0.6) is 0 Å². The molecule has 0 aromatic heterocycles. The van der Waals surface area contributed by atoms with Crippen molar-refractivity contribution in [2.75, 3.05) is 0 Å². The van der Waals surface area contributed by atoms with Gasteiger partial charge in [0.25, 0.3) is 0 Å². The summed E-state index contributed by atoms with van der Waals surface area (Å²) in [5.74, 6) is 0. The second-order valence-corrected chi connectivity index (χ2v) is 1.93. The van der Waals surface area contributed by atoms with Gasteiger partial charge in [-0.15, -0.1) is 0 Å². The predicted octanol–water partition coefficient (Wildman–Crippen LogP) is -0.247. The van der Waals surface area contributed by atoms with Gasteiger partial charge in [0.15, 0.2) is 0 Å². The van der Waals surface area contributed by atoms with Crippen LogP contribution in [0.25, 0.3) is 0 Å². The Morgan fingerprint density at radius 2 is 2.57 bits per heavy atom. The highest BCUT2D eigenvalue weighted by molar-refractivity contribution is 7.88. The van der Waals surface area contributed by atoms with Gasteiger partial charge in [-0.25, -0.2) is 0 Å². The topological polar surface area (TPSA) is 47.5 Å². The minimum absolute atomic E-state index is 1.21. The molecular weight excluding hydrogens is 112 g/mol. The fourth-order valence-electron chi connectivity index (χ4n) is 0.261. The van der Waals surface area contributed by atoms with E-state index >= 15 is 0 Å². The Bertz CT molecular complexity index is 112. The summed E-state index contributed by atoms with van der Waals surface area (Å²) in [7, 11) is 0. The van der Waals surface area contributed by atoms with E-state index in [1.165, 1.54) is 6.21 Å². The molecular formula is C3H4N2OS. The van der Waals surface area contributed by atoms with Gasteiger partial charge in [-0.05, 0) is 10.5 Å². The number of hydrogen-bond donors (Lipinski definition) is 1. The molecule has 7 heavy (non-hydrogen) atoms. The largest absolute Gasteiger partial charge is 0.567 e. The third kappa shape index (κ3) is 1.21. The third-order valence-electron chi connectivity index (χ3n) is 0.508. The quantitative estimate of drug-likeness (QED) is 0.444. The van der Waals surface area contributed by atoms with Crippen molar-refractivity contribution in [3.05, 3.63) is 12.3 Å². The SMILES string of the molecule is [O-][S+]1N=CC=CN1. The first kappa shape index (κ1) is 4.67. The Morgan fingerprint density at radius 1 is 1.71 bits per heavy atom. The van der Waals surface area contributed by atoms with Gasteiger partial charge in [-0.3, -0.25) is 0 Å². The predicted molar refractivity (Wildman–Crippen MR) is 28.9 cm³/mol. The highest BCUT2D eigenvalue weighted by Crippen LogP contribution is 1.88. The standard InChI is InChI=1S/C3H4N2OS/c6-7-4-2-1-3-5-7/h1-4H. The lowest BCUT2D eigenvalue weighted by Gasteiger charge is -2.00. The molecule has 0 saturated carbocycles. The van der Waals surface area contributed by atoms with E-state index in [1.807, 2.05) is 0 Å². The summed E-state index contributed by atoms with van der Waals surface area (Å²) in [6.07, 6.45) is 4.76. The minimum Gasteiger partial charge on any atom is -0.567 e. The molecule has 1 rings (SSSR count). The molecule has 4 heteroatoms. The fraction of sp³-hybridized carbons (Fsp3) is 0. The lowest BCUT2D eigenvalue weighted by atomic mass is 10.7. The zero-order chi connectivity index (χ0) is 5.11. The van der Waals surface area contributed by atoms with Crippen LogP contribution in [0.1, 0.15) is 0 Å². The molecule has 0 radical (unpaired) electrons. The van der Waals surface area contributed by atoms with E-state index in [1.54, 1.807) is 12.3 Å². The Labute approximate surface area is 44.6 Å².